The van der Waals surface area contributed by atoms with Crippen LogP contribution in [0.2, 0.25) is 0 Å². The Morgan fingerprint density at radius 1 is 1.10 bits per heavy atom. The minimum atomic E-state index is -0.275. The van der Waals surface area contributed by atoms with Crippen LogP contribution in [0.25, 0.3) is 33.7 Å². The predicted octanol–water partition coefficient (Wildman–Crippen LogP) is 3.15. The first kappa shape index (κ1) is 11.8. The van der Waals surface area contributed by atoms with Gasteiger partial charge in [0, 0.05) is 18.0 Å². The average molecular weight is 279 g/mol. The molecule has 0 spiro atoms. The molecule has 21 heavy (non-hydrogen) atoms. The van der Waals surface area contributed by atoms with Crippen LogP contribution < -0.4 is 0 Å². The predicted molar refractivity (Wildman–Crippen MR) is 76.9 cm³/mol. The highest BCUT2D eigenvalue weighted by Gasteiger charge is 2.12. The van der Waals surface area contributed by atoms with Crippen LogP contribution in [0, 0.1) is 5.82 Å². The number of pyridine rings is 1. The van der Waals surface area contributed by atoms with Gasteiger partial charge < -0.3 is 4.98 Å². The lowest BCUT2D eigenvalue weighted by Crippen LogP contribution is -1.84. The fourth-order valence-electron chi connectivity index (χ4n) is 2.32. The maximum absolute atomic E-state index is 13.4. The number of rotatable bonds is 2. The van der Waals surface area contributed by atoms with Crippen molar-refractivity contribution in [3.05, 3.63) is 54.7 Å². The van der Waals surface area contributed by atoms with Crippen LogP contribution in [0.3, 0.4) is 0 Å². The number of aromatic amines is 2. The van der Waals surface area contributed by atoms with E-state index in [9.17, 15) is 4.39 Å². The highest BCUT2D eigenvalue weighted by atomic mass is 19.1. The zero-order valence-corrected chi connectivity index (χ0v) is 10.8. The zero-order valence-electron chi connectivity index (χ0n) is 10.8. The molecular formula is C15H10FN5. The van der Waals surface area contributed by atoms with Crippen molar-refractivity contribution in [2.45, 2.75) is 0 Å². The molecule has 0 saturated heterocycles. The first-order valence-corrected chi connectivity index (χ1v) is 6.41. The summed E-state index contributed by atoms with van der Waals surface area (Å²) in [5.41, 5.74) is 3.82. The van der Waals surface area contributed by atoms with Gasteiger partial charge in [-0.1, -0.05) is 12.1 Å². The van der Waals surface area contributed by atoms with E-state index in [-0.39, 0.29) is 5.82 Å². The van der Waals surface area contributed by atoms with Crippen LogP contribution in [-0.4, -0.2) is 25.1 Å². The molecule has 0 aliphatic rings. The molecule has 0 amide bonds. The third-order valence-corrected chi connectivity index (χ3v) is 3.29. The molecule has 1 aromatic carbocycles. The number of imidazole rings is 1. The molecule has 0 unspecified atom stereocenters. The van der Waals surface area contributed by atoms with E-state index in [1.807, 2.05) is 12.1 Å². The van der Waals surface area contributed by atoms with Crippen molar-refractivity contribution in [3.8, 4) is 22.5 Å². The summed E-state index contributed by atoms with van der Waals surface area (Å²) in [6, 6.07) is 8.27. The minimum absolute atomic E-state index is 0.275. The van der Waals surface area contributed by atoms with Crippen LogP contribution in [0.15, 0.2) is 48.9 Å². The lowest BCUT2D eigenvalue weighted by molar-refractivity contribution is 0.628. The van der Waals surface area contributed by atoms with Crippen LogP contribution >= 0.6 is 0 Å². The topological polar surface area (TPSA) is 70.2 Å². The third-order valence-electron chi connectivity index (χ3n) is 3.29. The van der Waals surface area contributed by atoms with Gasteiger partial charge in [0.15, 0.2) is 5.65 Å². The van der Waals surface area contributed by atoms with Crippen molar-refractivity contribution in [1.82, 2.24) is 25.1 Å². The minimum Gasteiger partial charge on any atom is -0.323 e. The van der Waals surface area contributed by atoms with Gasteiger partial charge in [-0.25, -0.2) is 14.4 Å². The Balaban J connectivity index is 1.94. The van der Waals surface area contributed by atoms with Crippen LogP contribution in [0.1, 0.15) is 0 Å². The van der Waals surface area contributed by atoms with Crippen molar-refractivity contribution < 1.29 is 4.39 Å². The normalized spacial score (nSPS) is 11.1. The number of aromatic nitrogens is 5. The molecule has 4 rings (SSSR count). The van der Waals surface area contributed by atoms with Crippen molar-refractivity contribution in [2.24, 2.45) is 0 Å². The van der Waals surface area contributed by atoms with Gasteiger partial charge >= 0.3 is 0 Å². The van der Waals surface area contributed by atoms with Crippen LogP contribution in [0.5, 0.6) is 0 Å². The van der Waals surface area contributed by atoms with E-state index in [0.29, 0.717) is 17.0 Å². The molecule has 6 heteroatoms. The summed E-state index contributed by atoms with van der Waals surface area (Å²) < 4.78 is 13.4. The summed E-state index contributed by atoms with van der Waals surface area (Å²) in [7, 11) is 0. The smallest absolute Gasteiger partial charge is 0.158 e. The second-order valence-corrected chi connectivity index (χ2v) is 4.64. The molecule has 0 saturated carbocycles. The zero-order chi connectivity index (χ0) is 14.2. The van der Waals surface area contributed by atoms with Crippen molar-refractivity contribution in [1.29, 1.82) is 0 Å². The van der Waals surface area contributed by atoms with Gasteiger partial charge in [-0.3, -0.25) is 5.10 Å². The second kappa shape index (κ2) is 4.52. The number of hydrogen-bond acceptors (Lipinski definition) is 3. The summed E-state index contributed by atoms with van der Waals surface area (Å²) in [6.45, 7) is 0. The number of halogens is 1. The van der Waals surface area contributed by atoms with E-state index in [1.54, 1.807) is 24.7 Å². The first-order chi connectivity index (χ1) is 10.3. The summed E-state index contributed by atoms with van der Waals surface area (Å²) >= 11 is 0. The van der Waals surface area contributed by atoms with E-state index in [2.05, 4.69) is 25.1 Å². The molecule has 2 N–H and O–H groups in total. The molecule has 0 bridgehead atoms. The fraction of sp³-hybridized carbons (Fsp3) is 0. The van der Waals surface area contributed by atoms with Gasteiger partial charge in [-0.15, -0.1) is 0 Å². The van der Waals surface area contributed by atoms with E-state index in [0.717, 1.165) is 16.7 Å². The Kier molecular flexibility index (Phi) is 2.53. The van der Waals surface area contributed by atoms with Crippen molar-refractivity contribution in [3.63, 3.8) is 0 Å². The van der Waals surface area contributed by atoms with Gasteiger partial charge in [0.05, 0.1) is 11.8 Å². The SMILES string of the molecule is Fc1cccc(-c2ccnc3[nH]c(-c4cn[nH]c4)nc23)c1. The van der Waals surface area contributed by atoms with Gasteiger partial charge in [0.25, 0.3) is 0 Å². The standard InChI is InChI=1S/C15H10FN5/c16-11-3-1-2-9(6-11)12-4-5-17-15-13(12)20-14(21-15)10-7-18-19-8-10/h1-8H,(H,18,19)(H,17,20,21). The second-order valence-electron chi connectivity index (χ2n) is 4.64. The van der Waals surface area contributed by atoms with E-state index >= 15 is 0 Å². The van der Waals surface area contributed by atoms with Crippen LogP contribution in [0.4, 0.5) is 4.39 Å². The largest absolute Gasteiger partial charge is 0.323 e. The van der Waals surface area contributed by atoms with Crippen LogP contribution in [-0.2, 0) is 0 Å². The highest BCUT2D eigenvalue weighted by molar-refractivity contribution is 5.91. The summed E-state index contributed by atoms with van der Waals surface area (Å²) in [6.07, 6.45) is 5.11. The lowest BCUT2D eigenvalue weighted by atomic mass is 10.1. The molecule has 5 nitrogen and oxygen atoms in total. The molecule has 3 heterocycles. The molecule has 0 aliphatic carbocycles. The summed E-state index contributed by atoms with van der Waals surface area (Å²) in [4.78, 5) is 12.0. The molecule has 0 fully saturated rings. The molecule has 102 valence electrons. The van der Waals surface area contributed by atoms with Gasteiger partial charge in [0.1, 0.15) is 17.2 Å². The van der Waals surface area contributed by atoms with Gasteiger partial charge in [-0.05, 0) is 23.8 Å². The monoisotopic (exact) mass is 279 g/mol. The number of hydrogen-bond donors (Lipinski definition) is 2. The van der Waals surface area contributed by atoms with Gasteiger partial charge in [-0.2, -0.15) is 5.10 Å². The number of fused-ring (bicyclic) bond motifs is 1. The maximum atomic E-state index is 13.4. The number of nitrogens with zero attached hydrogens (tertiary/aromatic N) is 3. The maximum Gasteiger partial charge on any atom is 0.158 e. The molecule has 3 aromatic heterocycles. The highest BCUT2D eigenvalue weighted by Crippen LogP contribution is 2.28. The Morgan fingerprint density at radius 3 is 2.86 bits per heavy atom. The molecule has 0 atom stereocenters. The quantitative estimate of drug-likeness (QED) is 0.592. The molecular weight excluding hydrogens is 269 g/mol. The molecule has 0 radical (unpaired) electrons. The lowest BCUT2D eigenvalue weighted by Gasteiger charge is -2.01. The summed E-state index contributed by atoms with van der Waals surface area (Å²) in [5.74, 6) is 0.401. The average Bonchev–Trinajstić information content (AvgIpc) is 3.15. The molecule has 0 aliphatic heterocycles. The third kappa shape index (κ3) is 1.97. The van der Waals surface area contributed by atoms with Crippen molar-refractivity contribution in [2.75, 3.05) is 0 Å². The molecule has 4 aromatic rings. The van der Waals surface area contributed by atoms with E-state index < -0.39 is 0 Å². The number of H-pyrrole nitrogens is 2. The number of benzene rings is 1. The summed E-state index contributed by atoms with van der Waals surface area (Å²) in [5, 5.41) is 6.65. The Bertz CT molecular complexity index is 911. The number of nitrogens with one attached hydrogen (secondary N) is 2. The first-order valence-electron chi connectivity index (χ1n) is 6.41. The Hall–Kier alpha value is -3.02. The Labute approximate surface area is 118 Å². The van der Waals surface area contributed by atoms with Gasteiger partial charge in [0.2, 0.25) is 0 Å². The fourth-order valence-corrected chi connectivity index (χ4v) is 2.32. The Morgan fingerprint density at radius 2 is 2.05 bits per heavy atom. The van der Waals surface area contributed by atoms with E-state index in [4.69, 9.17) is 0 Å². The van der Waals surface area contributed by atoms with E-state index in [1.165, 1.54) is 12.1 Å². The van der Waals surface area contributed by atoms with Crippen molar-refractivity contribution >= 4 is 11.2 Å².